The lowest BCUT2D eigenvalue weighted by Crippen LogP contribution is -2.20. The van der Waals surface area contributed by atoms with Crippen molar-refractivity contribution in [3.05, 3.63) is 48.2 Å². The minimum absolute atomic E-state index is 0.278. The molecule has 1 aromatic carbocycles. The van der Waals surface area contributed by atoms with Crippen LogP contribution in [0.4, 0.5) is 0 Å². The molecule has 30 heavy (non-hydrogen) atoms. The molecule has 0 N–H and O–H groups in total. The van der Waals surface area contributed by atoms with Crippen LogP contribution < -0.4 is 4.80 Å². The molecule has 0 unspecified atom stereocenters. The molecule has 4 rings (SSSR count). The van der Waals surface area contributed by atoms with E-state index in [1.807, 2.05) is 4.68 Å². The fraction of sp³-hybridized carbons (Fsp3) is 0.565. The highest BCUT2D eigenvalue weighted by Crippen LogP contribution is 2.43. The summed E-state index contributed by atoms with van der Waals surface area (Å²) in [6.07, 6.45) is 9.25. The molecule has 2 aromatic rings. The first-order valence-corrected chi connectivity index (χ1v) is 12.7. The third-order valence-corrected chi connectivity index (χ3v) is 8.34. The van der Waals surface area contributed by atoms with Crippen LogP contribution in [0.15, 0.2) is 28.3 Å². The Morgan fingerprint density at radius 1 is 1.13 bits per heavy atom. The van der Waals surface area contributed by atoms with Gasteiger partial charge in [-0.25, -0.2) is 4.68 Å². The monoisotopic (exact) mass is 483 g/mol. The lowest BCUT2D eigenvalue weighted by Gasteiger charge is -2.19. The van der Waals surface area contributed by atoms with Crippen LogP contribution in [0.25, 0.3) is 5.69 Å². The van der Waals surface area contributed by atoms with E-state index >= 15 is 0 Å². The quantitative estimate of drug-likeness (QED) is 0.407. The van der Waals surface area contributed by atoms with Crippen LogP contribution in [0.3, 0.4) is 0 Å². The maximum absolute atomic E-state index is 6.55. The Kier molecular flexibility index (Phi) is 6.70. The first-order chi connectivity index (χ1) is 14.2. The summed E-state index contributed by atoms with van der Waals surface area (Å²) < 4.78 is 1.84. The maximum atomic E-state index is 6.55. The molecular formula is C23H28Cl3N3S. The predicted octanol–water partition coefficient (Wildman–Crippen LogP) is 7.81. The van der Waals surface area contributed by atoms with Crippen molar-refractivity contribution in [2.45, 2.75) is 78.2 Å². The lowest BCUT2D eigenvalue weighted by molar-refractivity contribution is 0.435. The summed E-state index contributed by atoms with van der Waals surface area (Å²) in [5.41, 5.74) is 3.94. The van der Waals surface area contributed by atoms with Gasteiger partial charge in [0, 0.05) is 11.4 Å². The molecule has 0 aliphatic heterocycles. The van der Waals surface area contributed by atoms with Crippen molar-refractivity contribution in [3.8, 4) is 5.69 Å². The Balaban J connectivity index is 1.79. The minimum Gasteiger partial charge on any atom is -0.254 e. The number of rotatable bonds is 4. The van der Waals surface area contributed by atoms with Gasteiger partial charge in [0.15, 0.2) is 0 Å². The van der Waals surface area contributed by atoms with Crippen molar-refractivity contribution in [2.24, 2.45) is 10.4 Å². The Morgan fingerprint density at radius 2 is 1.80 bits per heavy atom. The molecule has 7 heteroatoms. The van der Waals surface area contributed by atoms with E-state index in [4.69, 9.17) is 44.9 Å². The number of aromatic nitrogens is 2. The third-order valence-electron chi connectivity index (χ3n) is 6.62. The van der Waals surface area contributed by atoms with E-state index in [-0.39, 0.29) is 5.41 Å². The molecule has 162 valence electrons. The fourth-order valence-electron chi connectivity index (χ4n) is 4.45. The largest absolute Gasteiger partial charge is 0.254 e. The first-order valence-electron chi connectivity index (χ1n) is 10.7. The van der Waals surface area contributed by atoms with Crippen molar-refractivity contribution in [2.75, 3.05) is 0 Å². The summed E-state index contributed by atoms with van der Waals surface area (Å²) in [7, 11) is 0. The van der Waals surface area contributed by atoms with E-state index in [0.29, 0.717) is 26.8 Å². The topological polar surface area (TPSA) is 30.2 Å². The van der Waals surface area contributed by atoms with Crippen molar-refractivity contribution in [1.29, 1.82) is 0 Å². The van der Waals surface area contributed by atoms with E-state index < -0.39 is 0 Å². The van der Waals surface area contributed by atoms with Crippen molar-refractivity contribution in [1.82, 2.24) is 9.78 Å². The number of benzene rings is 1. The SMILES string of the molecule is CC1=C(Cc2nn(-c3c(Cl)cc(Cl)cc3Cl)c(=NC3CCCCC3)s2)CCC1(C)C. The Morgan fingerprint density at radius 3 is 2.40 bits per heavy atom. The van der Waals surface area contributed by atoms with Gasteiger partial charge in [0.2, 0.25) is 4.80 Å². The summed E-state index contributed by atoms with van der Waals surface area (Å²) in [4.78, 5) is 5.97. The fourth-order valence-corrected chi connectivity index (χ4v) is 6.42. The van der Waals surface area contributed by atoms with Crippen LogP contribution in [0, 0.1) is 5.41 Å². The molecule has 0 atom stereocenters. The molecule has 0 spiro atoms. The molecule has 0 saturated heterocycles. The average molecular weight is 485 g/mol. The number of hydrogen-bond acceptors (Lipinski definition) is 3. The van der Waals surface area contributed by atoms with Gasteiger partial charge in [-0.05, 0) is 50.2 Å². The van der Waals surface area contributed by atoms with E-state index in [0.717, 1.165) is 35.5 Å². The van der Waals surface area contributed by atoms with Crippen molar-refractivity contribution in [3.63, 3.8) is 0 Å². The molecule has 0 bridgehead atoms. The second kappa shape index (κ2) is 8.97. The molecule has 0 amide bonds. The molecule has 2 aliphatic carbocycles. The molecule has 1 fully saturated rings. The molecule has 3 nitrogen and oxygen atoms in total. The van der Waals surface area contributed by atoms with Gasteiger partial charge in [0.1, 0.15) is 10.7 Å². The Hall–Kier alpha value is -0.810. The Labute approximate surface area is 197 Å². The summed E-state index contributed by atoms with van der Waals surface area (Å²) >= 11 is 20.9. The zero-order valence-electron chi connectivity index (χ0n) is 17.8. The second-order valence-electron chi connectivity index (χ2n) is 9.12. The van der Waals surface area contributed by atoms with E-state index in [1.54, 1.807) is 23.5 Å². The lowest BCUT2D eigenvalue weighted by atomic mass is 9.86. The number of hydrogen-bond donors (Lipinski definition) is 0. The Bertz CT molecular complexity index is 1020. The van der Waals surface area contributed by atoms with E-state index in [1.165, 1.54) is 36.8 Å². The van der Waals surface area contributed by atoms with Gasteiger partial charge in [-0.1, -0.05) is 90.4 Å². The summed E-state index contributed by atoms with van der Waals surface area (Å²) in [5, 5.41) is 7.50. The van der Waals surface area contributed by atoms with Gasteiger partial charge >= 0.3 is 0 Å². The highest BCUT2D eigenvalue weighted by atomic mass is 35.5. The number of nitrogens with zero attached hydrogens (tertiary/aromatic N) is 3. The molecule has 2 aliphatic rings. The molecule has 0 radical (unpaired) electrons. The van der Waals surface area contributed by atoms with Gasteiger partial charge in [0.25, 0.3) is 0 Å². The number of allylic oxidation sites excluding steroid dienone is 2. The van der Waals surface area contributed by atoms with Crippen LogP contribution in [-0.2, 0) is 6.42 Å². The maximum Gasteiger partial charge on any atom is 0.208 e. The third kappa shape index (κ3) is 4.67. The highest BCUT2D eigenvalue weighted by Gasteiger charge is 2.29. The van der Waals surface area contributed by atoms with Gasteiger partial charge in [0.05, 0.1) is 16.1 Å². The van der Waals surface area contributed by atoms with E-state index in [9.17, 15) is 0 Å². The normalized spacial score (nSPS) is 20.4. The average Bonchev–Trinajstić information content (AvgIpc) is 3.17. The van der Waals surface area contributed by atoms with Crippen LogP contribution in [0.1, 0.15) is 70.7 Å². The first kappa shape index (κ1) is 22.4. The molecular weight excluding hydrogens is 457 g/mol. The second-order valence-corrected chi connectivity index (χ2v) is 11.4. The predicted molar refractivity (Wildman–Crippen MR) is 128 cm³/mol. The zero-order valence-corrected chi connectivity index (χ0v) is 20.9. The van der Waals surface area contributed by atoms with Gasteiger partial charge in [-0.3, -0.25) is 4.99 Å². The van der Waals surface area contributed by atoms with Crippen LogP contribution in [0.2, 0.25) is 15.1 Å². The van der Waals surface area contributed by atoms with Crippen LogP contribution in [0.5, 0.6) is 0 Å². The van der Waals surface area contributed by atoms with Crippen LogP contribution in [-0.4, -0.2) is 15.8 Å². The van der Waals surface area contributed by atoms with Crippen molar-refractivity contribution < 1.29 is 0 Å². The van der Waals surface area contributed by atoms with Crippen LogP contribution >= 0.6 is 46.1 Å². The highest BCUT2D eigenvalue weighted by molar-refractivity contribution is 7.08. The van der Waals surface area contributed by atoms with Gasteiger partial charge in [-0.2, -0.15) is 5.10 Å². The zero-order chi connectivity index (χ0) is 21.5. The van der Waals surface area contributed by atoms with E-state index in [2.05, 4.69) is 20.8 Å². The van der Waals surface area contributed by atoms with Gasteiger partial charge < -0.3 is 0 Å². The smallest absolute Gasteiger partial charge is 0.208 e. The molecule has 1 heterocycles. The minimum atomic E-state index is 0.278. The molecule has 1 aromatic heterocycles. The summed E-state index contributed by atoms with van der Waals surface area (Å²) in [6, 6.07) is 3.77. The number of halogens is 3. The molecule has 1 saturated carbocycles. The standard InChI is InChI=1S/C23H28Cl3N3S/c1-14-15(9-10-23(14,2)3)11-20-28-29(21-18(25)12-16(24)13-19(21)26)22(30-20)27-17-7-5-4-6-8-17/h12-13,17H,4-11H2,1-3H3. The van der Waals surface area contributed by atoms with Crippen molar-refractivity contribution >= 4 is 46.1 Å². The van der Waals surface area contributed by atoms with Gasteiger partial charge in [-0.15, -0.1) is 0 Å². The summed E-state index contributed by atoms with van der Waals surface area (Å²) in [6.45, 7) is 6.92. The summed E-state index contributed by atoms with van der Waals surface area (Å²) in [5.74, 6) is 0.